The van der Waals surface area contributed by atoms with Crippen molar-refractivity contribution in [2.24, 2.45) is 0 Å². The molecule has 1 saturated carbocycles. The summed E-state index contributed by atoms with van der Waals surface area (Å²) in [6, 6.07) is 9.57. The predicted molar refractivity (Wildman–Crippen MR) is 77.1 cm³/mol. The van der Waals surface area contributed by atoms with Gasteiger partial charge in [-0.15, -0.1) is 0 Å². The molecule has 0 amide bonds. The topological polar surface area (TPSA) is 60.4 Å². The number of ether oxygens (including phenoxy) is 1. The average Bonchev–Trinajstić information content (AvgIpc) is 2.47. The lowest BCUT2D eigenvalue weighted by molar-refractivity contribution is -0.134. The van der Waals surface area contributed by atoms with Gasteiger partial charge in [-0.25, -0.2) is 8.42 Å². The fraction of sp³-hybridized carbons (Fsp3) is 0.533. The van der Waals surface area contributed by atoms with Crippen LogP contribution in [0, 0.1) is 0 Å². The van der Waals surface area contributed by atoms with E-state index in [1.807, 2.05) is 30.3 Å². The maximum absolute atomic E-state index is 12.4. The highest BCUT2D eigenvalue weighted by Gasteiger charge is 2.36. The van der Waals surface area contributed by atoms with Crippen molar-refractivity contribution in [3.8, 4) is 0 Å². The molecular formula is C15H20O4S. The molecular weight excluding hydrogens is 276 g/mol. The van der Waals surface area contributed by atoms with Gasteiger partial charge in [-0.05, 0) is 31.2 Å². The molecule has 1 aromatic carbocycles. The lowest BCUT2D eigenvalue weighted by Crippen LogP contribution is -2.40. The monoisotopic (exact) mass is 296 g/mol. The van der Waals surface area contributed by atoms with Gasteiger partial charge in [-0.1, -0.05) is 36.8 Å². The van der Waals surface area contributed by atoms with Crippen molar-refractivity contribution in [2.75, 3.05) is 5.75 Å². The Balaban J connectivity index is 2.02. The van der Waals surface area contributed by atoms with Gasteiger partial charge in [0.2, 0.25) is 0 Å². The Morgan fingerprint density at radius 3 is 2.55 bits per heavy atom. The second kappa shape index (κ2) is 6.88. The molecule has 5 heteroatoms. The number of carbonyl (C=O) groups is 1. The van der Waals surface area contributed by atoms with Crippen LogP contribution in [-0.2, 0) is 25.8 Å². The van der Waals surface area contributed by atoms with Crippen LogP contribution in [0.2, 0.25) is 0 Å². The molecule has 0 aliphatic heterocycles. The molecule has 1 aromatic rings. The average molecular weight is 296 g/mol. The van der Waals surface area contributed by atoms with Gasteiger partial charge in [0.15, 0.2) is 9.84 Å². The number of rotatable bonds is 6. The van der Waals surface area contributed by atoms with Crippen molar-refractivity contribution < 1.29 is 17.9 Å². The van der Waals surface area contributed by atoms with E-state index in [2.05, 4.69) is 0 Å². The predicted octanol–water partition coefficient (Wildman–Crippen LogP) is 2.13. The van der Waals surface area contributed by atoms with E-state index in [0.717, 1.165) is 18.4 Å². The number of hydrogen-bond acceptors (Lipinski definition) is 4. The van der Waals surface area contributed by atoms with Crippen LogP contribution < -0.4 is 0 Å². The fourth-order valence-electron chi connectivity index (χ4n) is 2.76. The van der Waals surface area contributed by atoms with Crippen molar-refractivity contribution in [1.29, 1.82) is 0 Å². The molecule has 2 unspecified atom stereocenters. The third kappa shape index (κ3) is 3.82. The lowest BCUT2D eigenvalue weighted by Gasteiger charge is -2.29. The number of carbonyl (C=O) groups excluding carboxylic acids is 1. The van der Waals surface area contributed by atoms with Gasteiger partial charge >= 0.3 is 0 Å². The molecule has 0 radical (unpaired) electrons. The van der Waals surface area contributed by atoms with Crippen LogP contribution in [0.1, 0.15) is 31.2 Å². The summed E-state index contributed by atoms with van der Waals surface area (Å²) in [5, 5.41) is -0.537. The first-order chi connectivity index (χ1) is 9.63. The van der Waals surface area contributed by atoms with Crippen molar-refractivity contribution in [2.45, 2.75) is 43.5 Å². The van der Waals surface area contributed by atoms with Crippen LogP contribution >= 0.6 is 0 Å². The normalized spacial score (nSPS) is 23.2. The molecule has 0 bridgehead atoms. The standard InChI is InChI=1S/C15H20O4S/c16-12-19-14-8-4-5-9-15(14)20(17,18)11-10-13-6-2-1-3-7-13/h1-3,6-7,12,14-15H,4-5,8-11H2. The van der Waals surface area contributed by atoms with Gasteiger partial charge in [-0.3, -0.25) is 4.79 Å². The molecule has 110 valence electrons. The van der Waals surface area contributed by atoms with Crippen LogP contribution in [0.3, 0.4) is 0 Å². The molecule has 20 heavy (non-hydrogen) atoms. The van der Waals surface area contributed by atoms with Gasteiger partial charge in [0, 0.05) is 0 Å². The first kappa shape index (κ1) is 15.0. The zero-order valence-corrected chi connectivity index (χ0v) is 12.2. The van der Waals surface area contributed by atoms with Gasteiger partial charge in [0.25, 0.3) is 6.47 Å². The molecule has 0 saturated heterocycles. The van der Waals surface area contributed by atoms with Crippen LogP contribution in [0.25, 0.3) is 0 Å². The zero-order chi connectivity index (χ0) is 14.4. The fourth-order valence-corrected chi connectivity index (χ4v) is 4.77. The number of sulfone groups is 1. The Morgan fingerprint density at radius 2 is 1.85 bits per heavy atom. The summed E-state index contributed by atoms with van der Waals surface area (Å²) in [6.07, 6.45) is 3.08. The van der Waals surface area contributed by atoms with E-state index in [4.69, 9.17) is 4.74 Å². The Hall–Kier alpha value is -1.36. The number of benzene rings is 1. The molecule has 0 aromatic heterocycles. The largest absolute Gasteiger partial charge is 0.463 e. The molecule has 2 rings (SSSR count). The Labute approximate surface area is 120 Å². The quantitative estimate of drug-likeness (QED) is 0.755. The summed E-state index contributed by atoms with van der Waals surface area (Å²) in [4.78, 5) is 10.5. The molecule has 0 heterocycles. The van der Waals surface area contributed by atoms with E-state index in [-0.39, 0.29) is 5.75 Å². The van der Waals surface area contributed by atoms with E-state index >= 15 is 0 Å². The Morgan fingerprint density at radius 1 is 1.15 bits per heavy atom. The SMILES string of the molecule is O=COC1CCCCC1S(=O)(=O)CCc1ccccc1. The van der Waals surface area contributed by atoms with Crippen LogP contribution in [0.5, 0.6) is 0 Å². The summed E-state index contributed by atoms with van der Waals surface area (Å²) in [7, 11) is -3.24. The van der Waals surface area contributed by atoms with Crippen molar-refractivity contribution in [3.05, 3.63) is 35.9 Å². The van der Waals surface area contributed by atoms with Gasteiger partial charge < -0.3 is 4.74 Å². The van der Waals surface area contributed by atoms with E-state index < -0.39 is 21.2 Å². The van der Waals surface area contributed by atoms with Crippen molar-refractivity contribution in [3.63, 3.8) is 0 Å². The maximum Gasteiger partial charge on any atom is 0.293 e. The number of aryl methyl sites for hydroxylation is 1. The van der Waals surface area contributed by atoms with Gasteiger partial charge in [0.1, 0.15) is 6.10 Å². The second-order valence-corrected chi connectivity index (χ2v) is 7.54. The minimum atomic E-state index is -3.24. The second-order valence-electron chi connectivity index (χ2n) is 5.20. The molecule has 1 aliphatic rings. The highest BCUT2D eigenvalue weighted by Crippen LogP contribution is 2.27. The molecule has 1 aliphatic carbocycles. The van der Waals surface area contributed by atoms with Crippen molar-refractivity contribution in [1.82, 2.24) is 0 Å². The third-order valence-electron chi connectivity index (χ3n) is 3.85. The van der Waals surface area contributed by atoms with Crippen LogP contribution in [0.15, 0.2) is 30.3 Å². The molecule has 1 fully saturated rings. The molecule has 4 nitrogen and oxygen atoms in total. The van der Waals surface area contributed by atoms with Gasteiger partial charge in [0.05, 0.1) is 11.0 Å². The molecule has 0 spiro atoms. The summed E-state index contributed by atoms with van der Waals surface area (Å²) in [6.45, 7) is 0.371. The van der Waals surface area contributed by atoms with E-state index in [1.54, 1.807) is 0 Å². The molecule has 2 atom stereocenters. The highest BCUT2D eigenvalue weighted by molar-refractivity contribution is 7.92. The lowest BCUT2D eigenvalue weighted by atomic mass is 9.97. The minimum Gasteiger partial charge on any atom is -0.463 e. The Bertz CT molecular complexity index is 524. The van der Waals surface area contributed by atoms with Gasteiger partial charge in [-0.2, -0.15) is 0 Å². The zero-order valence-electron chi connectivity index (χ0n) is 11.4. The molecule has 0 N–H and O–H groups in total. The minimum absolute atomic E-state index is 0.112. The summed E-state index contributed by atoms with van der Waals surface area (Å²) in [5.74, 6) is 0.112. The van der Waals surface area contributed by atoms with E-state index in [0.29, 0.717) is 25.7 Å². The van der Waals surface area contributed by atoms with Crippen LogP contribution in [0.4, 0.5) is 0 Å². The number of hydrogen-bond donors (Lipinski definition) is 0. The smallest absolute Gasteiger partial charge is 0.293 e. The maximum atomic E-state index is 12.4. The first-order valence-corrected chi connectivity index (χ1v) is 8.69. The summed E-state index contributed by atoms with van der Waals surface area (Å²) >= 11 is 0. The van der Waals surface area contributed by atoms with E-state index in [9.17, 15) is 13.2 Å². The Kier molecular flexibility index (Phi) is 5.17. The summed E-state index contributed by atoms with van der Waals surface area (Å²) in [5.41, 5.74) is 1.01. The van der Waals surface area contributed by atoms with E-state index in [1.165, 1.54) is 0 Å². The highest BCUT2D eigenvalue weighted by atomic mass is 32.2. The van der Waals surface area contributed by atoms with Crippen molar-refractivity contribution >= 4 is 16.3 Å². The third-order valence-corrected chi connectivity index (χ3v) is 6.09. The first-order valence-electron chi connectivity index (χ1n) is 6.98. The summed E-state index contributed by atoms with van der Waals surface area (Å²) < 4.78 is 29.9. The van der Waals surface area contributed by atoms with Crippen LogP contribution in [-0.4, -0.2) is 32.0 Å².